The largest absolute Gasteiger partial charge is 0.378 e. The predicted octanol–water partition coefficient (Wildman–Crippen LogP) is 5.15. The van der Waals surface area contributed by atoms with Crippen LogP contribution in [-0.2, 0) is 9.53 Å². The number of nitrogens with zero attached hydrogens (tertiary/aromatic N) is 3. The summed E-state index contributed by atoms with van der Waals surface area (Å²) in [7, 11) is 0. The van der Waals surface area contributed by atoms with E-state index in [9.17, 15) is 9.59 Å². The van der Waals surface area contributed by atoms with Crippen LogP contribution in [0.4, 0.5) is 5.13 Å². The van der Waals surface area contributed by atoms with Crippen molar-refractivity contribution in [3.8, 4) is 10.4 Å². The summed E-state index contributed by atoms with van der Waals surface area (Å²) in [4.78, 5) is 29.9. The second-order valence-corrected chi connectivity index (χ2v) is 10.5. The molecule has 2 aromatic carbocycles. The van der Waals surface area contributed by atoms with Crippen molar-refractivity contribution in [3.05, 3.63) is 88.2 Å². The molecule has 5 rings (SSSR count). The summed E-state index contributed by atoms with van der Waals surface area (Å²) in [6.07, 6.45) is 0. The Labute approximate surface area is 217 Å². The van der Waals surface area contributed by atoms with Crippen molar-refractivity contribution in [3.63, 3.8) is 0 Å². The van der Waals surface area contributed by atoms with Gasteiger partial charge in [-0.3, -0.25) is 9.59 Å². The number of ether oxygens (including phenoxy) is 1. The number of benzene rings is 2. The fourth-order valence-electron chi connectivity index (χ4n) is 4.36. The van der Waals surface area contributed by atoms with Gasteiger partial charge >= 0.3 is 0 Å². The van der Waals surface area contributed by atoms with Gasteiger partial charge in [-0.25, -0.2) is 0 Å². The van der Waals surface area contributed by atoms with Crippen LogP contribution in [0.15, 0.2) is 72.2 Å². The van der Waals surface area contributed by atoms with E-state index in [1.165, 1.54) is 11.3 Å². The van der Waals surface area contributed by atoms with Crippen LogP contribution in [0, 0.1) is 5.92 Å². The van der Waals surface area contributed by atoms with E-state index in [1.54, 1.807) is 16.8 Å². The Hall–Kier alpha value is -3.40. The monoisotopic (exact) mass is 518 g/mol. The van der Waals surface area contributed by atoms with Gasteiger partial charge in [0.1, 0.15) is 5.51 Å². The average Bonchev–Trinajstić information content (AvgIpc) is 3.62. The lowest BCUT2D eigenvalue weighted by Crippen LogP contribution is -2.40. The van der Waals surface area contributed by atoms with Gasteiger partial charge in [-0.15, -0.1) is 21.5 Å². The van der Waals surface area contributed by atoms with E-state index in [4.69, 9.17) is 4.74 Å². The number of hydrogen-bond donors (Lipinski definition) is 1. The van der Waals surface area contributed by atoms with E-state index in [0.717, 1.165) is 20.9 Å². The number of aromatic nitrogens is 2. The molecule has 36 heavy (non-hydrogen) atoms. The molecule has 0 saturated carbocycles. The minimum absolute atomic E-state index is 0.0381. The van der Waals surface area contributed by atoms with E-state index in [2.05, 4.69) is 39.8 Å². The number of carbonyl (C=O) groups is 2. The molecule has 0 spiro atoms. The highest BCUT2D eigenvalue weighted by molar-refractivity contribution is 7.15. The van der Waals surface area contributed by atoms with Gasteiger partial charge in [0.2, 0.25) is 11.0 Å². The van der Waals surface area contributed by atoms with Crippen molar-refractivity contribution in [1.82, 2.24) is 15.1 Å². The molecule has 9 heteroatoms. The highest BCUT2D eigenvalue weighted by Gasteiger charge is 2.29. The highest BCUT2D eigenvalue weighted by atomic mass is 32.1. The Bertz CT molecular complexity index is 1300. The van der Waals surface area contributed by atoms with Crippen molar-refractivity contribution >= 4 is 39.6 Å². The number of thiophene rings is 1. The SMILES string of the molecule is CC(C(=O)Nc1nncs1)C(c1ccccc1)c1ccc(-c2ccc(C(=O)N3CCOCC3)cc2)s1. The quantitative estimate of drug-likeness (QED) is 0.366. The summed E-state index contributed by atoms with van der Waals surface area (Å²) in [5.74, 6) is -0.492. The highest BCUT2D eigenvalue weighted by Crippen LogP contribution is 2.40. The Balaban J connectivity index is 1.37. The Morgan fingerprint density at radius 1 is 1.00 bits per heavy atom. The van der Waals surface area contributed by atoms with Crippen LogP contribution in [0.25, 0.3) is 10.4 Å². The first-order chi connectivity index (χ1) is 17.6. The predicted molar refractivity (Wildman–Crippen MR) is 142 cm³/mol. The summed E-state index contributed by atoms with van der Waals surface area (Å²) in [6.45, 7) is 4.36. The van der Waals surface area contributed by atoms with Crippen LogP contribution in [0.1, 0.15) is 33.6 Å². The number of carbonyl (C=O) groups excluding carboxylic acids is 2. The van der Waals surface area contributed by atoms with Gasteiger partial charge in [0, 0.05) is 40.2 Å². The van der Waals surface area contributed by atoms with Crippen molar-refractivity contribution < 1.29 is 14.3 Å². The Morgan fingerprint density at radius 3 is 2.44 bits per heavy atom. The fourth-order valence-corrected chi connectivity index (χ4v) is 6.05. The van der Waals surface area contributed by atoms with Gasteiger partial charge in [-0.1, -0.05) is 60.7 Å². The summed E-state index contributed by atoms with van der Waals surface area (Å²) >= 11 is 2.97. The van der Waals surface area contributed by atoms with Crippen LogP contribution in [0.2, 0.25) is 0 Å². The lowest BCUT2D eigenvalue weighted by atomic mass is 9.85. The van der Waals surface area contributed by atoms with Crippen LogP contribution >= 0.6 is 22.7 Å². The molecule has 1 fully saturated rings. The lowest BCUT2D eigenvalue weighted by Gasteiger charge is -2.26. The van der Waals surface area contributed by atoms with E-state index >= 15 is 0 Å². The maximum absolute atomic E-state index is 13.1. The maximum atomic E-state index is 13.1. The zero-order valence-corrected chi connectivity index (χ0v) is 21.4. The first-order valence-corrected chi connectivity index (χ1v) is 13.5. The number of anilines is 1. The smallest absolute Gasteiger partial charge is 0.254 e. The molecular formula is C27H26N4O3S2. The van der Waals surface area contributed by atoms with Gasteiger partial charge in [-0.05, 0) is 35.4 Å². The standard InChI is InChI=1S/C27H26N4O3S2/c1-18(25(32)29-27-30-28-17-35-27)24(20-5-3-2-4-6-20)23-12-11-22(36-23)19-7-9-21(10-8-19)26(33)31-13-15-34-16-14-31/h2-12,17-18,24H,13-16H2,1H3,(H,29,30,32). The molecule has 2 unspecified atom stereocenters. The van der Waals surface area contributed by atoms with Crippen molar-refractivity contribution in [2.45, 2.75) is 12.8 Å². The van der Waals surface area contributed by atoms with Crippen molar-refractivity contribution in [2.24, 2.45) is 5.92 Å². The van der Waals surface area contributed by atoms with Gasteiger partial charge in [-0.2, -0.15) is 0 Å². The van der Waals surface area contributed by atoms with Crippen LogP contribution in [0.3, 0.4) is 0 Å². The van der Waals surface area contributed by atoms with Gasteiger partial charge in [0.15, 0.2) is 0 Å². The number of rotatable bonds is 7. The van der Waals surface area contributed by atoms with Crippen molar-refractivity contribution in [2.75, 3.05) is 31.6 Å². The minimum Gasteiger partial charge on any atom is -0.378 e. The molecule has 7 nitrogen and oxygen atoms in total. The third-order valence-electron chi connectivity index (χ3n) is 6.31. The Kier molecular flexibility index (Phi) is 7.50. The summed E-state index contributed by atoms with van der Waals surface area (Å²) in [5, 5.41) is 11.1. The molecule has 4 aromatic rings. The molecule has 0 aliphatic carbocycles. The van der Waals surface area contributed by atoms with Gasteiger partial charge in [0.05, 0.1) is 13.2 Å². The first kappa shape index (κ1) is 24.3. The number of hydrogen-bond acceptors (Lipinski definition) is 7. The normalized spacial score (nSPS) is 15.3. The molecule has 0 bridgehead atoms. The number of morpholine rings is 1. The Morgan fingerprint density at radius 2 is 1.75 bits per heavy atom. The number of amides is 2. The van der Waals surface area contributed by atoms with Crippen LogP contribution in [0.5, 0.6) is 0 Å². The van der Waals surface area contributed by atoms with Gasteiger partial charge in [0.25, 0.3) is 5.91 Å². The molecule has 0 radical (unpaired) electrons. The topological polar surface area (TPSA) is 84.4 Å². The summed E-state index contributed by atoms with van der Waals surface area (Å²) < 4.78 is 5.35. The molecule has 1 N–H and O–H groups in total. The van der Waals surface area contributed by atoms with E-state index in [-0.39, 0.29) is 23.7 Å². The molecule has 184 valence electrons. The van der Waals surface area contributed by atoms with E-state index < -0.39 is 0 Å². The average molecular weight is 519 g/mol. The maximum Gasteiger partial charge on any atom is 0.254 e. The van der Waals surface area contributed by atoms with E-state index in [0.29, 0.717) is 37.0 Å². The first-order valence-electron chi connectivity index (χ1n) is 11.8. The number of nitrogens with one attached hydrogen (secondary N) is 1. The molecule has 1 aliphatic heterocycles. The third kappa shape index (κ3) is 5.38. The molecule has 1 saturated heterocycles. The van der Waals surface area contributed by atoms with Crippen molar-refractivity contribution in [1.29, 1.82) is 0 Å². The van der Waals surface area contributed by atoms with Crippen LogP contribution in [-0.4, -0.2) is 53.2 Å². The van der Waals surface area contributed by atoms with Gasteiger partial charge < -0.3 is 15.0 Å². The lowest BCUT2D eigenvalue weighted by molar-refractivity contribution is -0.119. The molecule has 2 amide bonds. The molecular weight excluding hydrogens is 492 g/mol. The molecule has 2 atom stereocenters. The second kappa shape index (κ2) is 11.1. The second-order valence-electron chi connectivity index (χ2n) is 8.59. The third-order valence-corrected chi connectivity index (χ3v) is 8.13. The molecule has 3 heterocycles. The fraction of sp³-hybridized carbons (Fsp3) is 0.259. The zero-order valence-electron chi connectivity index (χ0n) is 19.8. The van der Waals surface area contributed by atoms with Crippen LogP contribution < -0.4 is 5.32 Å². The summed E-state index contributed by atoms with van der Waals surface area (Å²) in [6, 6.07) is 22.0. The van der Waals surface area contributed by atoms with E-state index in [1.807, 2.05) is 54.3 Å². The molecule has 2 aromatic heterocycles. The zero-order chi connectivity index (χ0) is 24.9. The molecule has 1 aliphatic rings. The summed E-state index contributed by atoms with van der Waals surface area (Å²) in [5.41, 5.74) is 4.40. The minimum atomic E-state index is -0.323.